The Bertz CT molecular complexity index is 1310. The summed E-state index contributed by atoms with van der Waals surface area (Å²) in [5.41, 5.74) is -0.317. The highest BCUT2D eigenvalue weighted by Gasteiger charge is 2.41. The maximum atomic E-state index is 15.8. The molecule has 1 saturated heterocycles. The fourth-order valence-corrected chi connectivity index (χ4v) is 5.34. The zero-order chi connectivity index (χ0) is 28.9. The largest absolute Gasteiger partial charge is 0.497 e. The summed E-state index contributed by atoms with van der Waals surface area (Å²) in [5.74, 6) is -1.41. The average Bonchev–Trinajstić information content (AvgIpc) is 3.48. The Labute approximate surface area is 235 Å². The number of amides is 1. The second-order valence-corrected chi connectivity index (χ2v) is 10.6. The fourth-order valence-electron chi connectivity index (χ4n) is 4.74. The lowest BCUT2D eigenvalue weighted by atomic mass is 9.83. The molecule has 0 saturated carbocycles. The first-order valence-corrected chi connectivity index (χ1v) is 13.7. The number of anilines is 1. The van der Waals surface area contributed by atoms with E-state index in [0.717, 1.165) is 0 Å². The number of piperidine rings is 1. The summed E-state index contributed by atoms with van der Waals surface area (Å²) in [4.78, 5) is 48.5. The number of nitrogens with one attached hydrogen (secondary N) is 1. The standard InChI is InChI=1S/C27H32FN5O6S/c1-4-39-26(37)21-12-30-23(24-29-6-8-40-24)31-22(21)15-32-7-5-27(2,28)18(13-32)14-33(16-34)19-9-17(25(35)36)10-20(11-19)38-3/h6,8-11,16,18H,4-5,7,12-15H2,1-3H3,(H,30,31)(H,35,36). The Morgan fingerprint density at radius 2 is 2.17 bits per heavy atom. The molecule has 1 aromatic heterocycles. The Morgan fingerprint density at radius 3 is 2.83 bits per heavy atom. The number of aromatic nitrogens is 1. The van der Waals surface area contributed by atoms with Gasteiger partial charge in [0.1, 0.15) is 11.4 Å². The number of methoxy groups -OCH3 is 1. The van der Waals surface area contributed by atoms with Gasteiger partial charge in [0.2, 0.25) is 6.41 Å². The van der Waals surface area contributed by atoms with Crippen molar-refractivity contribution in [1.82, 2.24) is 15.2 Å². The number of carboxylic acid groups (broad SMARTS) is 1. The van der Waals surface area contributed by atoms with Gasteiger partial charge < -0.3 is 24.8 Å². The monoisotopic (exact) mass is 573 g/mol. The number of carbonyl (C=O) groups excluding carboxylic acids is 2. The lowest BCUT2D eigenvalue weighted by molar-refractivity contribution is -0.138. The highest BCUT2D eigenvalue weighted by molar-refractivity contribution is 7.11. The molecule has 40 heavy (non-hydrogen) atoms. The number of alkyl halides is 1. The summed E-state index contributed by atoms with van der Waals surface area (Å²) in [7, 11) is 1.40. The minimum absolute atomic E-state index is 0.0161. The zero-order valence-corrected chi connectivity index (χ0v) is 23.4. The van der Waals surface area contributed by atoms with Crippen LogP contribution in [0.4, 0.5) is 10.1 Å². The Balaban J connectivity index is 1.55. The average molecular weight is 574 g/mol. The number of nitrogens with zero attached hydrogens (tertiary/aromatic N) is 4. The van der Waals surface area contributed by atoms with Crippen LogP contribution in [-0.2, 0) is 14.3 Å². The molecule has 214 valence electrons. The van der Waals surface area contributed by atoms with Crippen molar-refractivity contribution in [2.24, 2.45) is 10.9 Å². The number of rotatable bonds is 11. The van der Waals surface area contributed by atoms with Gasteiger partial charge in [-0.25, -0.2) is 19.0 Å². The van der Waals surface area contributed by atoms with Gasteiger partial charge >= 0.3 is 11.9 Å². The van der Waals surface area contributed by atoms with Gasteiger partial charge in [-0.1, -0.05) is 0 Å². The molecule has 2 aliphatic heterocycles. The Hall–Kier alpha value is -3.84. The molecule has 4 rings (SSSR count). The van der Waals surface area contributed by atoms with Crippen LogP contribution < -0.4 is 15.0 Å². The molecular formula is C27H32FN5O6S. The first-order chi connectivity index (χ1) is 19.1. The summed E-state index contributed by atoms with van der Waals surface area (Å²) in [6.45, 7) is 4.65. The van der Waals surface area contributed by atoms with E-state index < -0.39 is 23.5 Å². The highest BCUT2D eigenvalue weighted by Crippen LogP contribution is 2.34. The van der Waals surface area contributed by atoms with Gasteiger partial charge in [0.15, 0.2) is 10.8 Å². The molecular weight excluding hydrogens is 541 g/mol. The molecule has 1 fully saturated rings. The predicted molar refractivity (Wildman–Crippen MR) is 148 cm³/mol. The Morgan fingerprint density at radius 1 is 1.38 bits per heavy atom. The molecule has 1 amide bonds. The third kappa shape index (κ3) is 6.65. The minimum atomic E-state index is -1.59. The van der Waals surface area contributed by atoms with Crippen LogP contribution in [0.1, 0.15) is 35.6 Å². The molecule has 0 aliphatic carbocycles. The van der Waals surface area contributed by atoms with Crippen molar-refractivity contribution in [1.29, 1.82) is 0 Å². The van der Waals surface area contributed by atoms with Crippen LogP contribution in [0.2, 0.25) is 0 Å². The number of benzene rings is 1. The maximum Gasteiger partial charge on any atom is 0.337 e. The van der Waals surface area contributed by atoms with Crippen LogP contribution in [0.15, 0.2) is 46.0 Å². The number of aliphatic imine (C=N–C) groups is 1. The highest BCUT2D eigenvalue weighted by atomic mass is 32.1. The van der Waals surface area contributed by atoms with Crippen molar-refractivity contribution >= 4 is 41.2 Å². The third-order valence-corrected chi connectivity index (χ3v) is 7.84. The number of halogens is 1. The van der Waals surface area contributed by atoms with Crippen molar-refractivity contribution in [3.8, 4) is 5.75 Å². The second-order valence-electron chi connectivity index (χ2n) is 9.75. The predicted octanol–water partition coefficient (Wildman–Crippen LogP) is 2.73. The molecule has 2 aliphatic rings. The summed E-state index contributed by atoms with van der Waals surface area (Å²) >= 11 is 1.42. The molecule has 0 spiro atoms. The van der Waals surface area contributed by atoms with Gasteiger partial charge in [-0.15, -0.1) is 11.3 Å². The van der Waals surface area contributed by atoms with E-state index in [4.69, 9.17) is 9.47 Å². The van der Waals surface area contributed by atoms with E-state index in [2.05, 4.69) is 15.3 Å². The minimum Gasteiger partial charge on any atom is -0.497 e. The van der Waals surface area contributed by atoms with E-state index in [0.29, 0.717) is 47.3 Å². The number of likely N-dealkylation sites (tertiary alicyclic amines) is 1. The summed E-state index contributed by atoms with van der Waals surface area (Å²) in [5, 5.41) is 15.2. The van der Waals surface area contributed by atoms with Crippen LogP contribution in [0.25, 0.3) is 0 Å². The number of carboxylic acids is 1. The molecule has 2 N–H and O–H groups in total. The van der Waals surface area contributed by atoms with Crippen LogP contribution in [0.5, 0.6) is 5.75 Å². The van der Waals surface area contributed by atoms with E-state index in [1.54, 1.807) is 19.2 Å². The van der Waals surface area contributed by atoms with Gasteiger partial charge in [0.05, 0.1) is 31.4 Å². The van der Waals surface area contributed by atoms with Crippen LogP contribution in [0.3, 0.4) is 0 Å². The molecule has 2 unspecified atom stereocenters. The lowest BCUT2D eigenvalue weighted by Crippen LogP contribution is -2.53. The Kier molecular flexibility index (Phi) is 9.15. The molecule has 2 atom stereocenters. The van der Waals surface area contributed by atoms with Crippen molar-refractivity contribution in [2.45, 2.75) is 25.9 Å². The van der Waals surface area contributed by atoms with Gasteiger partial charge in [0.25, 0.3) is 0 Å². The maximum absolute atomic E-state index is 15.8. The van der Waals surface area contributed by atoms with E-state index >= 15 is 4.39 Å². The zero-order valence-electron chi connectivity index (χ0n) is 22.6. The van der Waals surface area contributed by atoms with Crippen LogP contribution in [-0.4, -0.2) is 91.3 Å². The number of carbonyl (C=O) groups is 3. The van der Waals surface area contributed by atoms with Crippen molar-refractivity contribution < 1.29 is 33.4 Å². The topological polar surface area (TPSA) is 134 Å². The molecule has 0 radical (unpaired) electrons. The first kappa shape index (κ1) is 29.2. The second kappa shape index (κ2) is 12.6. The quantitative estimate of drug-likeness (QED) is 0.307. The summed E-state index contributed by atoms with van der Waals surface area (Å²) in [6.07, 6.45) is 2.45. The third-order valence-electron chi connectivity index (χ3n) is 7.06. The molecule has 2 aromatic rings. The van der Waals surface area contributed by atoms with E-state index in [1.165, 1.54) is 42.4 Å². The molecule has 3 heterocycles. The van der Waals surface area contributed by atoms with Crippen LogP contribution in [0, 0.1) is 5.92 Å². The fraction of sp³-hybridized carbons (Fsp3) is 0.444. The number of esters is 1. The number of amidine groups is 1. The number of thiazole rings is 1. The van der Waals surface area contributed by atoms with Crippen molar-refractivity contribution in [2.75, 3.05) is 51.3 Å². The van der Waals surface area contributed by atoms with Gasteiger partial charge in [-0.05, 0) is 32.4 Å². The summed E-state index contributed by atoms with van der Waals surface area (Å²) < 4.78 is 26.2. The number of aromatic carboxylic acids is 1. The van der Waals surface area contributed by atoms with E-state index in [1.807, 2.05) is 10.3 Å². The first-order valence-electron chi connectivity index (χ1n) is 12.8. The van der Waals surface area contributed by atoms with Gasteiger partial charge in [-0.3, -0.25) is 14.7 Å². The molecule has 0 bridgehead atoms. The molecule has 1 aromatic carbocycles. The van der Waals surface area contributed by atoms with E-state index in [9.17, 15) is 19.5 Å². The smallest absolute Gasteiger partial charge is 0.337 e. The van der Waals surface area contributed by atoms with Crippen molar-refractivity contribution in [3.63, 3.8) is 0 Å². The molecule has 13 heteroatoms. The number of hydrogen-bond acceptors (Lipinski definition) is 10. The molecule has 11 nitrogen and oxygen atoms in total. The van der Waals surface area contributed by atoms with Crippen molar-refractivity contribution in [3.05, 3.63) is 51.6 Å². The summed E-state index contributed by atoms with van der Waals surface area (Å²) in [6, 6.07) is 4.25. The van der Waals surface area contributed by atoms with E-state index in [-0.39, 0.29) is 44.0 Å². The normalized spacial score (nSPS) is 21.3. The van der Waals surface area contributed by atoms with Gasteiger partial charge in [0, 0.05) is 61.1 Å². The van der Waals surface area contributed by atoms with Crippen LogP contribution >= 0.6 is 11.3 Å². The lowest BCUT2D eigenvalue weighted by Gasteiger charge is -2.43. The number of ether oxygens (including phenoxy) is 2. The SMILES string of the molecule is CCOC(=O)C1=C(CN2CCC(C)(F)C(CN(C=O)c3cc(OC)cc(C(=O)O)c3)C2)NC(c2nccs2)=NC1. The number of hydrogen-bond donors (Lipinski definition) is 2. The van der Waals surface area contributed by atoms with Gasteiger partial charge in [-0.2, -0.15) is 0 Å².